The lowest BCUT2D eigenvalue weighted by molar-refractivity contribution is 0.585. The zero-order chi connectivity index (χ0) is 23.2. The molecule has 0 fully saturated rings. The molecule has 0 amide bonds. The number of rotatable bonds is 5. The van der Waals surface area contributed by atoms with E-state index in [0.29, 0.717) is 11.4 Å². The van der Waals surface area contributed by atoms with Crippen molar-refractivity contribution in [1.82, 2.24) is 13.6 Å². The lowest BCUT2D eigenvalue weighted by Crippen LogP contribution is -2.15. The number of anilines is 1. The number of benzene rings is 2. The molecule has 2 aromatic carbocycles. The zero-order valence-corrected chi connectivity index (χ0v) is 19.5. The van der Waals surface area contributed by atoms with Crippen molar-refractivity contribution in [2.45, 2.75) is 18.7 Å². The van der Waals surface area contributed by atoms with Crippen LogP contribution in [0.2, 0.25) is 0 Å². The van der Waals surface area contributed by atoms with Crippen LogP contribution in [0.15, 0.2) is 90.0 Å². The Balaban J connectivity index is 1.64. The third-order valence-corrected chi connectivity index (χ3v) is 7.80. The van der Waals surface area contributed by atoms with Crippen molar-refractivity contribution in [3.63, 3.8) is 0 Å². The molecule has 0 bridgehead atoms. The third-order valence-electron chi connectivity index (χ3n) is 5.87. The molecule has 0 saturated carbocycles. The summed E-state index contributed by atoms with van der Waals surface area (Å²) < 4.78 is 29.7. The van der Waals surface area contributed by atoms with E-state index in [-0.39, 0.29) is 4.90 Å². The fourth-order valence-electron chi connectivity index (χ4n) is 4.21. The molecule has 0 atom stereocenters. The number of aryl methyl sites for hydroxylation is 2. The largest absolute Gasteiger partial charge is 0.388 e. The molecule has 0 radical (unpaired) electrons. The van der Waals surface area contributed by atoms with Crippen LogP contribution in [0.1, 0.15) is 11.4 Å². The Hall–Kier alpha value is -3.84. The smallest absolute Gasteiger partial charge is 0.268 e. The van der Waals surface area contributed by atoms with E-state index in [0.717, 1.165) is 33.6 Å². The summed E-state index contributed by atoms with van der Waals surface area (Å²) in [6, 6.07) is 24.7. The van der Waals surface area contributed by atoms with E-state index in [1.54, 1.807) is 26.0 Å². The van der Waals surface area contributed by atoms with E-state index in [2.05, 4.69) is 5.32 Å². The van der Waals surface area contributed by atoms with Gasteiger partial charge in [0.25, 0.3) is 10.0 Å². The number of aromatic nitrogens is 3. The van der Waals surface area contributed by atoms with Gasteiger partial charge < -0.3 is 5.32 Å². The molecule has 6 nitrogen and oxygen atoms in total. The average molecular weight is 457 g/mol. The Labute approximate surface area is 193 Å². The van der Waals surface area contributed by atoms with E-state index in [1.807, 2.05) is 84.5 Å². The van der Waals surface area contributed by atoms with Crippen LogP contribution < -0.4 is 5.32 Å². The highest BCUT2D eigenvalue weighted by atomic mass is 32.2. The Morgan fingerprint density at radius 1 is 0.788 bits per heavy atom. The number of hydrogen-bond acceptors (Lipinski definition) is 4. The molecular weight excluding hydrogens is 432 g/mol. The van der Waals surface area contributed by atoms with Crippen molar-refractivity contribution >= 4 is 21.2 Å². The van der Waals surface area contributed by atoms with E-state index in [4.69, 9.17) is 5.10 Å². The summed E-state index contributed by atoms with van der Waals surface area (Å²) in [5.74, 6) is 0. The first-order chi connectivity index (χ1) is 15.9. The first kappa shape index (κ1) is 21.0. The lowest BCUT2D eigenvalue weighted by atomic mass is 9.99. The molecule has 0 saturated heterocycles. The van der Waals surface area contributed by atoms with Gasteiger partial charge in [-0.2, -0.15) is 5.10 Å². The fraction of sp³-hybridized carbons (Fsp3) is 0.115. The second-order valence-electron chi connectivity index (χ2n) is 7.99. The van der Waals surface area contributed by atoms with Gasteiger partial charge in [-0.3, -0.25) is 0 Å². The summed E-state index contributed by atoms with van der Waals surface area (Å²) in [6.07, 6.45) is 1.92. The van der Waals surface area contributed by atoms with Gasteiger partial charge >= 0.3 is 0 Å². The normalized spacial score (nSPS) is 11.7. The Morgan fingerprint density at radius 3 is 2.06 bits per heavy atom. The van der Waals surface area contributed by atoms with Crippen LogP contribution in [-0.4, -0.2) is 29.1 Å². The SMILES string of the molecule is CNc1ccc(-c2nn3ccccc3c2-c2ccc(S(=O)(=O)n3c(C)ccc3C)cc2)cc1. The molecule has 0 aliphatic carbocycles. The van der Waals surface area contributed by atoms with E-state index >= 15 is 0 Å². The molecule has 0 unspecified atom stereocenters. The van der Waals surface area contributed by atoms with Crippen molar-refractivity contribution in [1.29, 1.82) is 0 Å². The molecule has 0 aliphatic heterocycles. The summed E-state index contributed by atoms with van der Waals surface area (Å²) in [6.45, 7) is 3.59. The van der Waals surface area contributed by atoms with E-state index in [9.17, 15) is 8.42 Å². The summed E-state index contributed by atoms with van der Waals surface area (Å²) in [5, 5.41) is 7.96. The van der Waals surface area contributed by atoms with Crippen LogP contribution in [0.3, 0.4) is 0 Å². The molecule has 3 aromatic heterocycles. The average Bonchev–Trinajstić information content (AvgIpc) is 3.39. The van der Waals surface area contributed by atoms with Gasteiger partial charge in [-0.1, -0.05) is 30.3 Å². The highest BCUT2D eigenvalue weighted by Crippen LogP contribution is 2.36. The van der Waals surface area contributed by atoms with Crippen molar-refractivity contribution in [3.05, 3.63) is 96.4 Å². The van der Waals surface area contributed by atoms with Crippen molar-refractivity contribution in [3.8, 4) is 22.4 Å². The molecule has 1 N–H and O–H groups in total. The van der Waals surface area contributed by atoms with Gasteiger partial charge in [-0.15, -0.1) is 0 Å². The maximum Gasteiger partial charge on any atom is 0.268 e. The maximum atomic E-state index is 13.2. The van der Waals surface area contributed by atoms with Crippen LogP contribution in [0.25, 0.3) is 27.9 Å². The topological polar surface area (TPSA) is 68.4 Å². The molecule has 5 rings (SSSR count). The molecular formula is C26H24N4O2S. The van der Waals surface area contributed by atoms with Gasteiger partial charge in [0.15, 0.2) is 0 Å². The molecule has 7 heteroatoms. The van der Waals surface area contributed by atoms with Gasteiger partial charge in [-0.05, 0) is 67.9 Å². The fourth-order valence-corrected chi connectivity index (χ4v) is 5.78. The first-order valence-corrected chi connectivity index (χ1v) is 12.1. The van der Waals surface area contributed by atoms with Crippen LogP contribution in [0, 0.1) is 13.8 Å². The van der Waals surface area contributed by atoms with Gasteiger partial charge in [0.1, 0.15) is 5.69 Å². The Bertz CT molecular complexity index is 1540. The Morgan fingerprint density at radius 2 is 1.42 bits per heavy atom. The summed E-state index contributed by atoms with van der Waals surface area (Å²) in [7, 11) is -1.78. The van der Waals surface area contributed by atoms with Crippen molar-refractivity contribution in [2.75, 3.05) is 12.4 Å². The van der Waals surface area contributed by atoms with Crippen LogP contribution >= 0.6 is 0 Å². The van der Waals surface area contributed by atoms with Crippen molar-refractivity contribution in [2.24, 2.45) is 0 Å². The van der Waals surface area contributed by atoms with Crippen LogP contribution in [0.5, 0.6) is 0 Å². The van der Waals surface area contributed by atoms with Gasteiger partial charge in [0, 0.05) is 41.4 Å². The van der Waals surface area contributed by atoms with Crippen molar-refractivity contribution < 1.29 is 8.42 Å². The number of fused-ring (bicyclic) bond motifs is 1. The quantitative estimate of drug-likeness (QED) is 0.386. The first-order valence-electron chi connectivity index (χ1n) is 10.7. The molecule has 166 valence electrons. The minimum atomic E-state index is -3.67. The minimum Gasteiger partial charge on any atom is -0.388 e. The standard InChI is InChI=1S/C26H24N4O2S/c1-18-7-8-19(2)30(18)33(31,32)23-15-11-20(12-16-23)25-24-6-4-5-17-29(24)28-26(25)21-9-13-22(27-3)14-10-21/h4-17,27H,1-3H3. The van der Waals surface area contributed by atoms with Gasteiger partial charge in [0.2, 0.25) is 0 Å². The molecule has 0 aliphatic rings. The Kier molecular flexibility index (Phi) is 5.06. The lowest BCUT2D eigenvalue weighted by Gasteiger charge is -2.11. The number of pyridine rings is 1. The molecule has 0 spiro atoms. The second kappa shape index (κ2) is 7.94. The number of nitrogens with zero attached hydrogens (tertiary/aromatic N) is 3. The van der Waals surface area contributed by atoms with Gasteiger partial charge in [0.05, 0.1) is 10.4 Å². The van der Waals surface area contributed by atoms with Gasteiger partial charge in [-0.25, -0.2) is 16.9 Å². The summed E-state index contributed by atoms with van der Waals surface area (Å²) in [5.41, 5.74) is 7.05. The van der Waals surface area contributed by atoms with Crippen LogP contribution in [0.4, 0.5) is 5.69 Å². The highest BCUT2D eigenvalue weighted by Gasteiger charge is 2.21. The van der Waals surface area contributed by atoms with E-state index in [1.165, 1.54) is 3.97 Å². The second-order valence-corrected chi connectivity index (χ2v) is 9.78. The third kappa shape index (κ3) is 3.50. The molecule has 3 heterocycles. The predicted octanol–water partition coefficient (Wildman–Crippen LogP) is 5.37. The predicted molar refractivity (Wildman–Crippen MR) is 132 cm³/mol. The molecule has 33 heavy (non-hydrogen) atoms. The minimum absolute atomic E-state index is 0.255. The highest BCUT2D eigenvalue weighted by molar-refractivity contribution is 7.90. The maximum absolute atomic E-state index is 13.2. The summed E-state index contributed by atoms with van der Waals surface area (Å²) >= 11 is 0. The molecule has 5 aromatic rings. The monoisotopic (exact) mass is 456 g/mol. The summed E-state index contributed by atoms with van der Waals surface area (Å²) in [4.78, 5) is 0.255. The van der Waals surface area contributed by atoms with Crippen LogP contribution in [-0.2, 0) is 10.0 Å². The zero-order valence-electron chi connectivity index (χ0n) is 18.6. The van der Waals surface area contributed by atoms with E-state index < -0.39 is 10.0 Å². The number of hydrogen-bond donors (Lipinski definition) is 1. The number of nitrogens with one attached hydrogen (secondary N) is 1.